The van der Waals surface area contributed by atoms with Gasteiger partial charge in [-0.1, -0.05) is 15.9 Å². The van der Waals surface area contributed by atoms with Crippen LogP contribution >= 0.6 is 15.9 Å². The van der Waals surface area contributed by atoms with Crippen molar-refractivity contribution in [2.24, 2.45) is 0 Å². The predicted octanol–water partition coefficient (Wildman–Crippen LogP) is 3.06. The van der Waals surface area contributed by atoms with Gasteiger partial charge in [0.15, 0.2) is 5.82 Å². The quantitative estimate of drug-likeness (QED) is 0.787. The van der Waals surface area contributed by atoms with E-state index in [-0.39, 0.29) is 10.9 Å². The Morgan fingerprint density at radius 3 is 2.64 bits per heavy atom. The zero-order chi connectivity index (χ0) is 10.7. The largest absolute Gasteiger partial charge is 0.479 e. The third-order valence-corrected chi connectivity index (χ3v) is 2.20. The number of hydrogen-bond donors (Lipinski definition) is 0. The van der Waals surface area contributed by atoms with Crippen molar-refractivity contribution < 1.29 is 17.9 Å². The van der Waals surface area contributed by atoms with E-state index in [2.05, 4.69) is 25.7 Å². The standard InChI is InChI=1S/C8H7BrF3NO/c1-14-8-5(10)2-4(3-9)6(13-8)7(11)12/h2,7H,3H2,1H3. The van der Waals surface area contributed by atoms with Crippen LogP contribution in [-0.2, 0) is 5.33 Å². The predicted molar refractivity (Wildman–Crippen MR) is 48.3 cm³/mol. The summed E-state index contributed by atoms with van der Waals surface area (Å²) in [5.74, 6) is -1.16. The molecule has 1 rings (SSSR count). The maximum absolute atomic E-state index is 13.0. The third kappa shape index (κ3) is 2.17. The lowest BCUT2D eigenvalue weighted by atomic mass is 10.2. The number of halogens is 4. The first-order valence-electron chi connectivity index (χ1n) is 3.67. The Bertz CT molecular complexity index is 333. The maximum Gasteiger partial charge on any atom is 0.280 e. The normalized spacial score (nSPS) is 10.7. The van der Waals surface area contributed by atoms with Gasteiger partial charge in [0.05, 0.1) is 7.11 Å². The smallest absolute Gasteiger partial charge is 0.280 e. The van der Waals surface area contributed by atoms with Gasteiger partial charge in [-0.05, 0) is 11.6 Å². The van der Waals surface area contributed by atoms with Gasteiger partial charge in [0, 0.05) is 5.33 Å². The van der Waals surface area contributed by atoms with Gasteiger partial charge in [-0.2, -0.15) is 0 Å². The second-order valence-electron chi connectivity index (χ2n) is 2.46. The molecule has 6 heteroatoms. The van der Waals surface area contributed by atoms with E-state index in [1.54, 1.807) is 0 Å². The van der Waals surface area contributed by atoms with E-state index in [9.17, 15) is 13.2 Å². The highest BCUT2D eigenvalue weighted by Crippen LogP contribution is 2.27. The lowest BCUT2D eigenvalue weighted by molar-refractivity contribution is 0.143. The van der Waals surface area contributed by atoms with Crippen molar-refractivity contribution in [1.29, 1.82) is 0 Å². The maximum atomic E-state index is 13.0. The van der Waals surface area contributed by atoms with Gasteiger partial charge < -0.3 is 4.74 Å². The Labute approximate surface area is 87.2 Å². The minimum absolute atomic E-state index is 0.123. The molecule has 1 heterocycles. The van der Waals surface area contributed by atoms with Crippen LogP contribution in [0, 0.1) is 5.82 Å². The Balaban J connectivity index is 3.25. The topological polar surface area (TPSA) is 22.1 Å². The number of ether oxygens (including phenoxy) is 1. The Morgan fingerprint density at radius 2 is 2.21 bits per heavy atom. The molecule has 0 saturated heterocycles. The molecule has 0 amide bonds. The van der Waals surface area contributed by atoms with Crippen LogP contribution in [0.15, 0.2) is 6.07 Å². The molecular weight excluding hydrogens is 263 g/mol. The molecule has 1 aromatic rings. The fourth-order valence-corrected chi connectivity index (χ4v) is 1.41. The number of methoxy groups -OCH3 is 1. The summed E-state index contributed by atoms with van der Waals surface area (Å²) in [5, 5.41) is 0.126. The number of alkyl halides is 3. The summed E-state index contributed by atoms with van der Waals surface area (Å²) in [5.41, 5.74) is -0.335. The molecule has 2 nitrogen and oxygen atoms in total. The summed E-state index contributed by atoms with van der Waals surface area (Å²) < 4.78 is 42.3. The number of hydrogen-bond acceptors (Lipinski definition) is 2. The molecular formula is C8H7BrF3NO. The highest BCUT2D eigenvalue weighted by atomic mass is 79.9. The Hall–Kier alpha value is -0.780. The van der Waals surface area contributed by atoms with E-state index in [0.717, 1.165) is 6.07 Å². The molecule has 0 N–H and O–H groups in total. The average Bonchev–Trinajstić information content (AvgIpc) is 2.16. The van der Waals surface area contributed by atoms with E-state index in [0.29, 0.717) is 0 Å². The van der Waals surface area contributed by atoms with Gasteiger partial charge in [-0.3, -0.25) is 0 Å². The summed E-state index contributed by atoms with van der Waals surface area (Å²) in [6, 6.07) is 0.988. The summed E-state index contributed by atoms with van der Waals surface area (Å²) in [6.45, 7) is 0. The van der Waals surface area contributed by atoms with Crippen LogP contribution in [0.2, 0.25) is 0 Å². The van der Waals surface area contributed by atoms with Gasteiger partial charge in [-0.25, -0.2) is 18.2 Å². The Kier molecular flexibility index (Phi) is 3.74. The lowest BCUT2D eigenvalue weighted by Crippen LogP contribution is -2.02. The average molecular weight is 270 g/mol. The van der Waals surface area contributed by atoms with Crippen LogP contribution in [0.25, 0.3) is 0 Å². The van der Waals surface area contributed by atoms with Crippen LogP contribution in [0.5, 0.6) is 5.88 Å². The van der Waals surface area contributed by atoms with Crippen molar-refractivity contribution >= 4 is 15.9 Å². The molecule has 0 atom stereocenters. The second kappa shape index (κ2) is 4.63. The summed E-state index contributed by atoms with van der Waals surface area (Å²) in [4.78, 5) is 3.38. The molecule has 1 aromatic heterocycles. The summed E-state index contributed by atoms with van der Waals surface area (Å²) in [6.07, 6.45) is -2.74. The number of aromatic nitrogens is 1. The highest BCUT2D eigenvalue weighted by Gasteiger charge is 2.18. The minimum Gasteiger partial charge on any atom is -0.479 e. The molecule has 0 unspecified atom stereocenters. The second-order valence-corrected chi connectivity index (χ2v) is 3.02. The monoisotopic (exact) mass is 269 g/mol. The van der Waals surface area contributed by atoms with Crippen molar-refractivity contribution in [3.8, 4) is 5.88 Å². The molecule has 0 aliphatic heterocycles. The van der Waals surface area contributed by atoms with Crippen molar-refractivity contribution in [1.82, 2.24) is 4.98 Å². The third-order valence-electron chi connectivity index (χ3n) is 1.60. The zero-order valence-corrected chi connectivity index (χ0v) is 8.82. The van der Waals surface area contributed by atoms with Crippen molar-refractivity contribution in [2.75, 3.05) is 7.11 Å². The van der Waals surface area contributed by atoms with Crippen LogP contribution in [-0.4, -0.2) is 12.1 Å². The first-order chi connectivity index (χ1) is 6.60. The van der Waals surface area contributed by atoms with Crippen LogP contribution in [0.3, 0.4) is 0 Å². The molecule has 0 bridgehead atoms. The molecule has 0 saturated carbocycles. The molecule has 0 spiro atoms. The van der Waals surface area contributed by atoms with Crippen LogP contribution in [0.4, 0.5) is 13.2 Å². The summed E-state index contributed by atoms with van der Waals surface area (Å²) in [7, 11) is 1.18. The van der Waals surface area contributed by atoms with E-state index in [1.165, 1.54) is 7.11 Å². The number of rotatable bonds is 3. The molecule has 0 aliphatic rings. The van der Waals surface area contributed by atoms with E-state index >= 15 is 0 Å². The number of pyridine rings is 1. The zero-order valence-electron chi connectivity index (χ0n) is 7.23. The molecule has 0 aliphatic carbocycles. The van der Waals surface area contributed by atoms with Crippen molar-refractivity contribution in [3.05, 3.63) is 23.1 Å². The van der Waals surface area contributed by atoms with E-state index in [1.807, 2.05) is 0 Å². The number of nitrogens with zero attached hydrogens (tertiary/aromatic N) is 1. The first kappa shape index (κ1) is 11.3. The van der Waals surface area contributed by atoms with Crippen molar-refractivity contribution in [3.63, 3.8) is 0 Å². The molecule has 0 aromatic carbocycles. The Morgan fingerprint density at radius 1 is 1.57 bits per heavy atom. The van der Waals surface area contributed by atoms with E-state index < -0.39 is 23.8 Å². The molecule has 0 radical (unpaired) electrons. The SMILES string of the molecule is COc1nc(C(F)F)c(CBr)cc1F. The molecule has 78 valence electrons. The van der Waals surface area contributed by atoms with Gasteiger partial charge in [0.2, 0.25) is 0 Å². The van der Waals surface area contributed by atoms with E-state index in [4.69, 9.17) is 0 Å². The van der Waals surface area contributed by atoms with Crippen LogP contribution in [0.1, 0.15) is 17.7 Å². The lowest BCUT2D eigenvalue weighted by Gasteiger charge is -2.08. The fourth-order valence-electron chi connectivity index (χ4n) is 0.962. The van der Waals surface area contributed by atoms with Crippen molar-refractivity contribution in [2.45, 2.75) is 11.8 Å². The van der Waals surface area contributed by atoms with Gasteiger partial charge in [0.25, 0.3) is 12.3 Å². The van der Waals surface area contributed by atoms with Crippen LogP contribution < -0.4 is 4.74 Å². The fraction of sp³-hybridized carbons (Fsp3) is 0.375. The van der Waals surface area contributed by atoms with Gasteiger partial charge in [0.1, 0.15) is 5.69 Å². The highest BCUT2D eigenvalue weighted by molar-refractivity contribution is 9.08. The minimum atomic E-state index is -2.74. The van der Waals surface area contributed by atoms with Gasteiger partial charge in [-0.15, -0.1) is 0 Å². The first-order valence-corrected chi connectivity index (χ1v) is 4.79. The molecule has 14 heavy (non-hydrogen) atoms. The summed E-state index contributed by atoms with van der Waals surface area (Å²) >= 11 is 2.98. The molecule has 0 fully saturated rings. The van der Waals surface area contributed by atoms with Gasteiger partial charge >= 0.3 is 0 Å².